The molecule has 2 atom stereocenters. The van der Waals surface area contributed by atoms with Crippen LogP contribution < -0.4 is 10.1 Å². The van der Waals surface area contributed by atoms with E-state index in [9.17, 15) is 5.11 Å². The van der Waals surface area contributed by atoms with Crippen LogP contribution >= 0.6 is 0 Å². The Hall–Kier alpha value is -1.06. The summed E-state index contributed by atoms with van der Waals surface area (Å²) in [6.07, 6.45) is 3.07. The Bertz CT molecular complexity index is 409. The van der Waals surface area contributed by atoms with Gasteiger partial charge in [-0.1, -0.05) is 13.0 Å². The van der Waals surface area contributed by atoms with Gasteiger partial charge in [-0.15, -0.1) is 0 Å². The number of aryl methyl sites for hydroxylation is 1. The molecule has 0 aliphatic carbocycles. The Kier molecular flexibility index (Phi) is 3.93. The van der Waals surface area contributed by atoms with Gasteiger partial charge in [0.25, 0.3) is 0 Å². The van der Waals surface area contributed by atoms with Crippen molar-refractivity contribution in [3.63, 3.8) is 0 Å². The first-order chi connectivity index (χ1) is 8.59. The van der Waals surface area contributed by atoms with Gasteiger partial charge in [-0.3, -0.25) is 0 Å². The maximum absolute atomic E-state index is 10.8. The van der Waals surface area contributed by atoms with Crippen molar-refractivity contribution in [2.75, 3.05) is 13.7 Å². The standard InChI is InChI=1S/C15H23NO2/c1-4-11-10-12(7-8-13(11)18-3)15(2,17)14-6-5-9-16-14/h7-8,10,14,16-17H,4-6,9H2,1-3H3. The maximum atomic E-state index is 10.8. The molecule has 1 heterocycles. The molecule has 2 unspecified atom stereocenters. The fourth-order valence-electron chi connectivity index (χ4n) is 2.74. The molecule has 1 saturated heterocycles. The molecule has 0 amide bonds. The van der Waals surface area contributed by atoms with Gasteiger partial charge in [-0.2, -0.15) is 0 Å². The van der Waals surface area contributed by atoms with Crippen LogP contribution in [0.25, 0.3) is 0 Å². The van der Waals surface area contributed by atoms with Crippen molar-refractivity contribution >= 4 is 0 Å². The molecule has 18 heavy (non-hydrogen) atoms. The van der Waals surface area contributed by atoms with Crippen molar-refractivity contribution in [1.29, 1.82) is 0 Å². The molecular weight excluding hydrogens is 226 g/mol. The topological polar surface area (TPSA) is 41.5 Å². The minimum Gasteiger partial charge on any atom is -0.496 e. The van der Waals surface area contributed by atoms with Crippen LogP contribution in [0.3, 0.4) is 0 Å². The Morgan fingerprint density at radius 2 is 2.28 bits per heavy atom. The van der Waals surface area contributed by atoms with E-state index in [2.05, 4.69) is 18.3 Å². The molecule has 0 radical (unpaired) electrons. The Morgan fingerprint density at radius 3 is 2.83 bits per heavy atom. The predicted octanol–water partition coefficient (Wildman–Crippen LogP) is 2.22. The van der Waals surface area contributed by atoms with Crippen molar-refractivity contribution in [2.45, 2.75) is 44.8 Å². The lowest BCUT2D eigenvalue weighted by Crippen LogP contribution is -2.42. The largest absolute Gasteiger partial charge is 0.496 e. The molecule has 1 aliphatic heterocycles. The van der Waals surface area contributed by atoms with E-state index in [0.29, 0.717) is 0 Å². The smallest absolute Gasteiger partial charge is 0.122 e. The molecule has 0 saturated carbocycles. The highest BCUT2D eigenvalue weighted by molar-refractivity contribution is 5.40. The zero-order chi connectivity index (χ0) is 13.2. The lowest BCUT2D eigenvalue weighted by atomic mass is 9.86. The van der Waals surface area contributed by atoms with Crippen LogP contribution in [-0.4, -0.2) is 24.8 Å². The molecule has 1 aromatic carbocycles. The second-order valence-corrected chi connectivity index (χ2v) is 5.18. The summed E-state index contributed by atoms with van der Waals surface area (Å²) in [6.45, 7) is 5.00. The number of nitrogens with one attached hydrogen (secondary N) is 1. The monoisotopic (exact) mass is 249 g/mol. The highest BCUT2D eigenvalue weighted by Gasteiger charge is 2.35. The van der Waals surface area contributed by atoms with E-state index >= 15 is 0 Å². The third-order valence-corrected chi connectivity index (χ3v) is 3.98. The van der Waals surface area contributed by atoms with E-state index in [-0.39, 0.29) is 6.04 Å². The van der Waals surface area contributed by atoms with Crippen molar-refractivity contribution in [2.24, 2.45) is 0 Å². The van der Waals surface area contributed by atoms with Crippen molar-refractivity contribution in [1.82, 2.24) is 5.32 Å². The fourth-order valence-corrected chi connectivity index (χ4v) is 2.74. The van der Waals surface area contributed by atoms with E-state index in [1.807, 2.05) is 19.1 Å². The molecule has 0 bridgehead atoms. The van der Waals surface area contributed by atoms with E-state index in [1.54, 1.807) is 7.11 Å². The maximum Gasteiger partial charge on any atom is 0.122 e. The van der Waals surface area contributed by atoms with Crippen LogP contribution in [0, 0.1) is 0 Å². The molecule has 1 aliphatic rings. The van der Waals surface area contributed by atoms with E-state index in [0.717, 1.165) is 42.7 Å². The number of benzene rings is 1. The molecule has 0 aromatic heterocycles. The quantitative estimate of drug-likeness (QED) is 0.859. The summed E-state index contributed by atoms with van der Waals surface area (Å²) in [7, 11) is 1.69. The minimum absolute atomic E-state index is 0.149. The van der Waals surface area contributed by atoms with Crippen LogP contribution in [-0.2, 0) is 12.0 Å². The highest BCUT2D eigenvalue weighted by atomic mass is 16.5. The molecule has 2 N–H and O–H groups in total. The molecule has 2 rings (SSSR count). The Balaban J connectivity index is 2.31. The van der Waals surface area contributed by atoms with Crippen molar-refractivity contribution in [3.05, 3.63) is 29.3 Å². The number of hydrogen-bond donors (Lipinski definition) is 2. The predicted molar refractivity (Wildman–Crippen MR) is 73.0 cm³/mol. The van der Waals surface area contributed by atoms with Crippen LogP contribution in [0.2, 0.25) is 0 Å². The van der Waals surface area contributed by atoms with Gasteiger partial charge < -0.3 is 15.2 Å². The number of ether oxygens (including phenoxy) is 1. The number of rotatable bonds is 4. The lowest BCUT2D eigenvalue weighted by molar-refractivity contribution is 0.0217. The summed E-state index contributed by atoms with van der Waals surface area (Å²) in [5.41, 5.74) is 1.31. The molecule has 100 valence electrons. The highest BCUT2D eigenvalue weighted by Crippen LogP contribution is 2.32. The SMILES string of the molecule is CCc1cc(C(C)(O)C2CCCN2)ccc1OC. The summed E-state index contributed by atoms with van der Waals surface area (Å²) in [6, 6.07) is 6.14. The third-order valence-electron chi connectivity index (χ3n) is 3.98. The second kappa shape index (κ2) is 5.29. The number of hydrogen-bond acceptors (Lipinski definition) is 3. The number of methoxy groups -OCH3 is 1. The van der Waals surface area contributed by atoms with Crippen LogP contribution in [0.4, 0.5) is 0 Å². The summed E-state index contributed by atoms with van der Waals surface area (Å²) in [5, 5.41) is 14.1. The van der Waals surface area contributed by atoms with Gasteiger partial charge >= 0.3 is 0 Å². The van der Waals surface area contributed by atoms with Crippen molar-refractivity contribution < 1.29 is 9.84 Å². The van der Waals surface area contributed by atoms with Crippen LogP contribution in [0.5, 0.6) is 5.75 Å². The first kappa shape index (κ1) is 13.4. The van der Waals surface area contributed by atoms with Gasteiger partial charge in [0.15, 0.2) is 0 Å². The van der Waals surface area contributed by atoms with E-state index in [1.165, 1.54) is 0 Å². The van der Waals surface area contributed by atoms with Gasteiger partial charge in [-0.25, -0.2) is 0 Å². The van der Waals surface area contributed by atoms with Gasteiger partial charge in [0.05, 0.1) is 7.11 Å². The average Bonchev–Trinajstić information content (AvgIpc) is 2.92. The molecule has 1 aromatic rings. The third kappa shape index (κ3) is 2.38. The lowest BCUT2D eigenvalue weighted by Gasteiger charge is -2.31. The van der Waals surface area contributed by atoms with E-state index < -0.39 is 5.60 Å². The molecule has 3 heteroatoms. The zero-order valence-corrected chi connectivity index (χ0v) is 11.5. The van der Waals surface area contributed by atoms with E-state index in [4.69, 9.17) is 4.74 Å². The van der Waals surface area contributed by atoms with Crippen LogP contribution in [0.1, 0.15) is 37.8 Å². The molecular formula is C15H23NO2. The molecule has 0 spiro atoms. The first-order valence-electron chi connectivity index (χ1n) is 6.72. The normalized spacial score (nSPS) is 22.8. The molecule has 3 nitrogen and oxygen atoms in total. The first-order valence-corrected chi connectivity index (χ1v) is 6.72. The number of aliphatic hydroxyl groups is 1. The van der Waals surface area contributed by atoms with Gasteiger partial charge in [-0.05, 0) is 56.0 Å². The molecule has 1 fully saturated rings. The second-order valence-electron chi connectivity index (χ2n) is 5.18. The zero-order valence-electron chi connectivity index (χ0n) is 11.5. The summed E-state index contributed by atoms with van der Waals surface area (Å²) >= 11 is 0. The fraction of sp³-hybridized carbons (Fsp3) is 0.600. The van der Waals surface area contributed by atoms with Gasteiger partial charge in [0, 0.05) is 6.04 Å². The summed E-state index contributed by atoms with van der Waals surface area (Å²) in [4.78, 5) is 0. The Labute approximate surface area is 109 Å². The van der Waals surface area contributed by atoms with Crippen molar-refractivity contribution in [3.8, 4) is 5.75 Å². The Morgan fingerprint density at radius 1 is 1.50 bits per heavy atom. The van der Waals surface area contributed by atoms with Gasteiger partial charge in [0.2, 0.25) is 0 Å². The minimum atomic E-state index is -0.813. The summed E-state index contributed by atoms with van der Waals surface area (Å²) in [5.74, 6) is 0.899. The summed E-state index contributed by atoms with van der Waals surface area (Å²) < 4.78 is 5.33. The van der Waals surface area contributed by atoms with Crippen LogP contribution in [0.15, 0.2) is 18.2 Å². The van der Waals surface area contributed by atoms with Gasteiger partial charge in [0.1, 0.15) is 11.4 Å². The average molecular weight is 249 g/mol.